The number of anilines is 3. The molecule has 0 spiro atoms. The van der Waals surface area contributed by atoms with E-state index in [4.69, 9.17) is 4.74 Å². The van der Waals surface area contributed by atoms with Crippen LogP contribution in [-0.4, -0.2) is 15.3 Å². The van der Waals surface area contributed by atoms with E-state index in [1.165, 1.54) is 0 Å². The Morgan fingerprint density at radius 3 is 1.71 bits per heavy atom. The fourth-order valence-electron chi connectivity index (χ4n) is 4.02. The molecule has 4 rings (SSSR count). The van der Waals surface area contributed by atoms with Gasteiger partial charge in [-0.15, -0.1) is 0 Å². The van der Waals surface area contributed by atoms with E-state index in [0.717, 1.165) is 44.9 Å². The first-order chi connectivity index (χ1) is 16.2. The molecule has 0 saturated heterocycles. The van der Waals surface area contributed by atoms with Gasteiger partial charge < -0.3 is 25.0 Å². The monoisotopic (exact) mass is 455 g/mol. The second-order valence-electron chi connectivity index (χ2n) is 8.71. The summed E-state index contributed by atoms with van der Waals surface area (Å²) >= 11 is 0. The lowest BCUT2D eigenvalue weighted by molar-refractivity contribution is 0.408. The van der Waals surface area contributed by atoms with E-state index < -0.39 is 0 Å². The van der Waals surface area contributed by atoms with Crippen LogP contribution in [0.3, 0.4) is 0 Å². The van der Waals surface area contributed by atoms with Crippen molar-refractivity contribution in [2.45, 2.75) is 34.6 Å². The standard InChI is InChI=1S/C29H29NO4/c1-17-13-24(20(4)26(31)15-17)30(25-14-18(2)16-27(32)21(25)5)22-9-11-23(12-10-22)34-28-8-6-7-19(3)29(28)33/h6-16,31-33H,1-5H3. The summed E-state index contributed by atoms with van der Waals surface area (Å²) < 4.78 is 5.91. The summed E-state index contributed by atoms with van der Waals surface area (Å²) in [7, 11) is 0. The number of benzene rings is 4. The van der Waals surface area contributed by atoms with Crippen LogP contribution in [0.2, 0.25) is 0 Å². The zero-order chi connectivity index (χ0) is 24.6. The zero-order valence-corrected chi connectivity index (χ0v) is 20.0. The van der Waals surface area contributed by atoms with Crippen molar-refractivity contribution in [2.24, 2.45) is 0 Å². The van der Waals surface area contributed by atoms with Gasteiger partial charge in [0.15, 0.2) is 11.5 Å². The fourth-order valence-corrected chi connectivity index (χ4v) is 4.02. The Morgan fingerprint density at radius 2 is 1.18 bits per heavy atom. The normalized spacial score (nSPS) is 10.9. The van der Waals surface area contributed by atoms with Gasteiger partial charge in [-0.25, -0.2) is 0 Å². The first-order valence-corrected chi connectivity index (χ1v) is 11.1. The number of aryl methyl sites for hydroxylation is 3. The number of phenolic OH excluding ortho intramolecular Hbond substituents is 3. The number of phenols is 3. The van der Waals surface area contributed by atoms with E-state index in [1.54, 1.807) is 18.2 Å². The molecule has 0 aromatic heterocycles. The third-order valence-electron chi connectivity index (χ3n) is 6.00. The molecule has 0 aliphatic rings. The van der Waals surface area contributed by atoms with Crippen LogP contribution >= 0.6 is 0 Å². The molecule has 0 aliphatic carbocycles. The quantitative estimate of drug-likeness (QED) is 0.289. The van der Waals surface area contributed by atoms with Crippen molar-refractivity contribution in [3.63, 3.8) is 0 Å². The van der Waals surface area contributed by atoms with Gasteiger partial charge in [-0.2, -0.15) is 0 Å². The van der Waals surface area contributed by atoms with Crippen molar-refractivity contribution >= 4 is 17.1 Å². The first-order valence-electron chi connectivity index (χ1n) is 11.1. The molecule has 3 N–H and O–H groups in total. The first kappa shape index (κ1) is 23.1. The van der Waals surface area contributed by atoms with Crippen LogP contribution in [0.4, 0.5) is 17.1 Å². The molecule has 0 aliphatic heterocycles. The molecule has 4 aromatic rings. The van der Waals surface area contributed by atoms with Crippen molar-refractivity contribution in [1.82, 2.24) is 0 Å². The maximum absolute atomic E-state index is 10.5. The topological polar surface area (TPSA) is 73.2 Å². The summed E-state index contributed by atoms with van der Waals surface area (Å²) in [6, 6.07) is 20.4. The van der Waals surface area contributed by atoms with E-state index in [0.29, 0.717) is 11.5 Å². The summed E-state index contributed by atoms with van der Waals surface area (Å²) in [5, 5.41) is 31.4. The van der Waals surface area contributed by atoms with E-state index in [9.17, 15) is 15.3 Å². The summed E-state index contributed by atoms with van der Waals surface area (Å²) in [6.45, 7) is 9.45. The Labute approximate surface area is 200 Å². The number of nitrogens with zero attached hydrogens (tertiary/aromatic N) is 1. The van der Waals surface area contributed by atoms with Gasteiger partial charge in [-0.05, 0) is 106 Å². The van der Waals surface area contributed by atoms with Crippen LogP contribution < -0.4 is 9.64 Å². The number of ether oxygens (including phenoxy) is 1. The summed E-state index contributed by atoms with van der Waals surface area (Å²) in [5.74, 6) is 1.51. The predicted octanol–water partition coefficient (Wildman–Crippen LogP) is 7.61. The van der Waals surface area contributed by atoms with Crippen molar-refractivity contribution in [3.8, 4) is 28.7 Å². The highest BCUT2D eigenvalue weighted by Crippen LogP contribution is 2.44. The van der Waals surface area contributed by atoms with Crippen LogP contribution in [0.25, 0.3) is 0 Å². The van der Waals surface area contributed by atoms with Gasteiger partial charge in [0.2, 0.25) is 0 Å². The SMILES string of the molecule is Cc1cc(O)c(C)c(N(c2ccc(Oc3cccc(C)c3O)cc2)c2cc(C)cc(O)c2C)c1. The van der Waals surface area contributed by atoms with Crippen LogP contribution in [0, 0.1) is 34.6 Å². The summed E-state index contributed by atoms with van der Waals surface area (Å²) in [6.07, 6.45) is 0. The Bertz CT molecular complexity index is 1300. The molecule has 0 fully saturated rings. The maximum Gasteiger partial charge on any atom is 0.169 e. The summed E-state index contributed by atoms with van der Waals surface area (Å²) in [5.41, 5.74) is 6.52. The van der Waals surface area contributed by atoms with Gasteiger partial charge in [0.1, 0.15) is 17.2 Å². The molecule has 5 nitrogen and oxygen atoms in total. The van der Waals surface area contributed by atoms with Gasteiger partial charge in [-0.3, -0.25) is 0 Å². The lowest BCUT2D eigenvalue weighted by Crippen LogP contribution is -2.13. The number of para-hydroxylation sites is 1. The van der Waals surface area contributed by atoms with Crippen LogP contribution in [0.15, 0.2) is 66.7 Å². The highest BCUT2D eigenvalue weighted by molar-refractivity contribution is 5.83. The molecule has 0 amide bonds. The molecule has 0 atom stereocenters. The average Bonchev–Trinajstić information content (AvgIpc) is 2.79. The van der Waals surface area contributed by atoms with Gasteiger partial charge >= 0.3 is 0 Å². The predicted molar refractivity (Wildman–Crippen MR) is 136 cm³/mol. The number of aromatic hydroxyl groups is 3. The van der Waals surface area contributed by atoms with Gasteiger partial charge in [-0.1, -0.05) is 12.1 Å². The molecule has 0 saturated carbocycles. The molecule has 0 bridgehead atoms. The van der Waals surface area contributed by atoms with E-state index in [-0.39, 0.29) is 17.2 Å². The van der Waals surface area contributed by atoms with Crippen molar-refractivity contribution < 1.29 is 20.1 Å². The third kappa shape index (κ3) is 4.37. The molecule has 34 heavy (non-hydrogen) atoms. The molecule has 0 heterocycles. The van der Waals surface area contributed by atoms with Gasteiger partial charge in [0, 0.05) is 16.8 Å². The fraction of sp³-hybridized carbons (Fsp3) is 0.172. The number of hydrogen-bond donors (Lipinski definition) is 3. The lowest BCUT2D eigenvalue weighted by Gasteiger charge is -2.30. The van der Waals surface area contributed by atoms with Crippen LogP contribution in [-0.2, 0) is 0 Å². The molecule has 5 heteroatoms. The van der Waals surface area contributed by atoms with E-state index in [2.05, 4.69) is 0 Å². The zero-order valence-electron chi connectivity index (χ0n) is 20.0. The van der Waals surface area contributed by atoms with Gasteiger partial charge in [0.25, 0.3) is 0 Å². The van der Waals surface area contributed by atoms with Gasteiger partial charge in [0.05, 0.1) is 11.4 Å². The number of hydrogen-bond acceptors (Lipinski definition) is 5. The van der Waals surface area contributed by atoms with Crippen LogP contribution in [0.5, 0.6) is 28.7 Å². The minimum Gasteiger partial charge on any atom is -0.508 e. The molecule has 0 radical (unpaired) electrons. The molecular formula is C29H29NO4. The highest BCUT2D eigenvalue weighted by Gasteiger charge is 2.20. The largest absolute Gasteiger partial charge is 0.508 e. The third-order valence-corrected chi connectivity index (χ3v) is 6.00. The Kier molecular flexibility index (Phi) is 6.12. The minimum atomic E-state index is 0.116. The maximum atomic E-state index is 10.5. The Balaban J connectivity index is 1.83. The number of rotatable bonds is 5. The van der Waals surface area contributed by atoms with Crippen molar-refractivity contribution in [2.75, 3.05) is 4.90 Å². The highest BCUT2D eigenvalue weighted by atomic mass is 16.5. The van der Waals surface area contributed by atoms with E-state index in [1.807, 2.05) is 88.0 Å². The molecule has 0 unspecified atom stereocenters. The Morgan fingerprint density at radius 1 is 0.647 bits per heavy atom. The lowest BCUT2D eigenvalue weighted by atomic mass is 10.0. The van der Waals surface area contributed by atoms with Crippen molar-refractivity contribution in [1.29, 1.82) is 0 Å². The van der Waals surface area contributed by atoms with Crippen molar-refractivity contribution in [3.05, 3.63) is 94.5 Å². The Hall–Kier alpha value is -4.12. The minimum absolute atomic E-state index is 0.116. The van der Waals surface area contributed by atoms with E-state index >= 15 is 0 Å². The second-order valence-corrected chi connectivity index (χ2v) is 8.71. The molecule has 174 valence electrons. The smallest absolute Gasteiger partial charge is 0.169 e. The summed E-state index contributed by atoms with van der Waals surface area (Å²) in [4.78, 5) is 2.03. The van der Waals surface area contributed by atoms with Crippen LogP contribution in [0.1, 0.15) is 27.8 Å². The molecule has 4 aromatic carbocycles. The average molecular weight is 456 g/mol. The second kappa shape index (κ2) is 9.02. The molecular weight excluding hydrogens is 426 g/mol.